The van der Waals surface area contributed by atoms with Crippen LogP contribution in [0.4, 0.5) is 11.4 Å². The number of Topliss-reactive ketones (excluding diaryl/α,β-unsaturated/α-hetero) is 1. The number of anilines is 2. The van der Waals surface area contributed by atoms with Gasteiger partial charge < -0.3 is 10.5 Å². The van der Waals surface area contributed by atoms with Crippen molar-refractivity contribution < 1.29 is 14.3 Å². The first-order valence-corrected chi connectivity index (χ1v) is 6.56. The maximum absolute atomic E-state index is 12.3. The van der Waals surface area contributed by atoms with Crippen LogP contribution in [0, 0.1) is 0 Å². The van der Waals surface area contributed by atoms with E-state index in [4.69, 9.17) is 10.5 Å². The fourth-order valence-corrected chi connectivity index (χ4v) is 2.31. The highest BCUT2D eigenvalue weighted by molar-refractivity contribution is 6.08. The lowest BCUT2D eigenvalue weighted by atomic mass is 10.1. The summed E-state index contributed by atoms with van der Waals surface area (Å²) in [5, 5.41) is 0. The number of ketones is 1. The highest BCUT2D eigenvalue weighted by Crippen LogP contribution is 2.37. The lowest BCUT2D eigenvalue weighted by Gasteiger charge is -2.29. The summed E-state index contributed by atoms with van der Waals surface area (Å²) in [5.74, 6) is 0.111. The molecule has 5 heteroatoms. The maximum atomic E-state index is 12.3. The van der Waals surface area contributed by atoms with E-state index < -0.39 is 0 Å². The highest BCUT2D eigenvalue weighted by Gasteiger charge is 2.29. The molecule has 21 heavy (non-hydrogen) atoms. The molecule has 2 aromatic carbocycles. The average Bonchev–Trinajstić information content (AvgIpc) is 2.51. The second kappa shape index (κ2) is 5.28. The molecule has 3 rings (SSSR count). The van der Waals surface area contributed by atoms with Crippen molar-refractivity contribution in [3.8, 4) is 5.75 Å². The number of hydrogen-bond donors (Lipinski definition) is 1. The number of benzene rings is 2. The Bertz CT molecular complexity index is 698. The van der Waals surface area contributed by atoms with E-state index in [0.717, 1.165) is 0 Å². The summed E-state index contributed by atoms with van der Waals surface area (Å²) in [4.78, 5) is 25.8. The van der Waals surface area contributed by atoms with Crippen molar-refractivity contribution >= 4 is 23.1 Å². The van der Waals surface area contributed by atoms with Crippen LogP contribution in [0.5, 0.6) is 5.75 Å². The van der Waals surface area contributed by atoms with E-state index in [2.05, 4.69) is 0 Å². The molecule has 0 saturated carbocycles. The molecule has 1 aliphatic heterocycles. The molecular formula is C16H14N2O3. The van der Waals surface area contributed by atoms with Crippen LogP contribution in [-0.2, 0) is 4.79 Å². The number of nitrogens with zero attached hydrogens (tertiary/aromatic N) is 1. The van der Waals surface area contributed by atoms with Gasteiger partial charge in [0, 0.05) is 5.56 Å². The number of carbonyl (C=O) groups excluding carboxylic acids is 2. The van der Waals surface area contributed by atoms with E-state index in [-0.39, 0.29) is 24.8 Å². The normalized spacial score (nSPS) is 13.5. The number of hydrogen-bond acceptors (Lipinski definition) is 4. The van der Waals surface area contributed by atoms with Gasteiger partial charge in [-0.2, -0.15) is 0 Å². The van der Waals surface area contributed by atoms with Crippen molar-refractivity contribution in [2.45, 2.75) is 0 Å². The molecular weight excluding hydrogens is 268 g/mol. The Kier molecular flexibility index (Phi) is 3.31. The summed E-state index contributed by atoms with van der Waals surface area (Å²) in [6, 6.07) is 14.0. The minimum atomic E-state index is -0.273. The Hall–Kier alpha value is -2.82. The minimum Gasteiger partial charge on any atom is -0.481 e. The topological polar surface area (TPSA) is 72.6 Å². The Morgan fingerprint density at radius 1 is 1.14 bits per heavy atom. The zero-order valence-corrected chi connectivity index (χ0v) is 11.3. The van der Waals surface area contributed by atoms with Crippen LogP contribution >= 0.6 is 0 Å². The number of nitrogen functional groups attached to an aromatic ring is 1. The summed E-state index contributed by atoms with van der Waals surface area (Å²) in [5.41, 5.74) is 7.37. The zero-order chi connectivity index (χ0) is 14.8. The first kappa shape index (κ1) is 13.2. The van der Waals surface area contributed by atoms with Gasteiger partial charge in [0.1, 0.15) is 11.4 Å². The van der Waals surface area contributed by atoms with Crippen LogP contribution in [0.15, 0.2) is 48.5 Å². The molecule has 1 amide bonds. The third-order valence-corrected chi connectivity index (χ3v) is 3.35. The summed E-state index contributed by atoms with van der Waals surface area (Å²) in [6.07, 6.45) is 0. The van der Waals surface area contributed by atoms with Gasteiger partial charge in [0.25, 0.3) is 5.91 Å². The Morgan fingerprint density at radius 3 is 2.67 bits per heavy atom. The van der Waals surface area contributed by atoms with Crippen LogP contribution in [0.1, 0.15) is 10.4 Å². The summed E-state index contributed by atoms with van der Waals surface area (Å²) in [7, 11) is 0. The summed E-state index contributed by atoms with van der Waals surface area (Å²) < 4.78 is 5.35. The summed E-state index contributed by atoms with van der Waals surface area (Å²) >= 11 is 0. The van der Waals surface area contributed by atoms with Crippen molar-refractivity contribution in [2.24, 2.45) is 0 Å². The van der Waals surface area contributed by atoms with E-state index in [1.165, 1.54) is 4.90 Å². The molecule has 0 atom stereocenters. The van der Waals surface area contributed by atoms with Gasteiger partial charge in [0.15, 0.2) is 12.4 Å². The first-order valence-electron chi connectivity index (χ1n) is 6.56. The van der Waals surface area contributed by atoms with E-state index in [1.54, 1.807) is 42.5 Å². The van der Waals surface area contributed by atoms with Crippen LogP contribution in [-0.4, -0.2) is 24.8 Å². The SMILES string of the molecule is Nc1cccc2c1N(CC(=O)c1ccccc1)C(=O)CO2. The molecule has 0 unspecified atom stereocenters. The fraction of sp³-hybridized carbons (Fsp3) is 0.125. The van der Waals surface area contributed by atoms with Crippen molar-refractivity contribution in [3.05, 3.63) is 54.1 Å². The van der Waals surface area contributed by atoms with E-state index in [1.807, 2.05) is 6.07 Å². The van der Waals surface area contributed by atoms with Crippen LogP contribution in [0.25, 0.3) is 0 Å². The molecule has 0 bridgehead atoms. The van der Waals surface area contributed by atoms with Crippen molar-refractivity contribution in [1.29, 1.82) is 0 Å². The third-order valence-electron chi connectivity index (χ3n) is 3.35. The van der Waals surface area contributed by atoms with Crippen molar-refractivity contribution in [3.63, 3.8) is 0 Å². The number of carbonyl (C=O) groups is 2. The largest absolute Gasteiger partial charge is 0.481 e. The van der Waals surface area contributed by atoms with E-state index in [0.29, 0.717) is 22.7 Å². The zero-order valence-electron chi connectivity index (χ0n) is 11.3. The monoisotopic (exact) mass is 282 g/mol. The molecule has 2 aromatic rings. The van der Waals surface area contributed by atoms with Gasteiger partial charge in [0.2, 0.25) is 0 Å². The molecule has 0 saturated heterocycles. The second-order valence-electron chi connectivity index (χ2n) is 4.75. The molecule has 1 aliphatic rings. The molecule has 0 aliphatic carbocycles. The molecule has 106 valence electrons. The molecule has 1 heterocycles. The van der Waals surface area contributed by atoms with Gasteiger partial charge in [-0.3, -0.25) is 14.5 Å². The van der Waals surface area contributed by atoms with Gasteiger partial charge in [0.05, 0.1) is 12.2 Å². The van der Waals surface area contributed by atoms with Gasteiger partial charge >= 0.3 is 0 Å². The molecule has 0 aromatic heterocycles. The molecule has 0 fully saturated rings. The fourth-order valence-electron chi connectivity index (χ4n) is 2.31. The summed E-state index contributed by atoms with van der Waals surface area (Å²) in [6.45, 7) is -0.133. The van der Waals surface area contributed by atoms with Gasteiger partial charge in [-0.1, -0.05) is 36.4 Å². The predicted molar refractivity (Wildman–Crippen MR) is 79.5 cm³/mol. The highest BCUT2D eigenvalue weighted by atomic mass is 16.5. The van der Waals surface area contributed by atoms with Crippen molar-refractivity contribution in [2.75, 3.05) is 23.8 Å². The molecule has 0 spiro atoms. The van der Waals surface area contributed by atoms with Gasteiger partial charge in [-0.15, -0.1) is 0 Å². The quantitative estimate of drug-likeness (QED) is 0.689. The number of ether oxygens (including phenoxy) is 1. The van der Waals surface area contributed by atoms with E-state index >= 15 is 0 Å². The standard InChI is InChI=1S/C16H14N2O3/c17-12-7-4-8-14-16(12)18(15(20)10-21-14)9-13(19)11-5-2-1-3-6-11/h1-8H,9-10,17H2. The van der Waals surface area contributed by atoms with Gasteiger partial charge in [-0.25, -0.2) is 0 Å². The molecule has 0 radical (unpaired) electrons. The third kappa shape index (κ3) is 2.45. The molecule has 5 nitrogen and oxygen atoms in total. The van der Waals surface area contributed by atoms with Crippen molar-refractivity contribution in [1.82, 2.24) is 0 Å². The number of para-hydroxylation sites is 1. The number of nitrogens with two attached hydrogens (primary N) is 1. The second-order valence-corrected chi connectivity index (χ2v) is 4.75. The Morgan fingerprint density at radius 2 is 1.90 bits per heavy atom. The van der Waals surface area contributed by atoms with Gasteiger partial charge in [-0.05, 0) is 12.1 Å². The Labute approximate surface area is 121 Å². The average molecular weight is 282 g/mol. The lowest BCUT2D eigenvalue weighted by Crippen LogP contribution is -2.42. The number of amides is 1. The van der Waals surface area contributed by atoms with Crippen LogP contribution in [0.2, 0.25) is 0 Å². The molecule has 2 N–H and O–H groups in total. The predicted octanol–water partition coefficient (Wildman–Crippen LogP) is 1.88. The van der Waals surface area contributed by atoms with Crippen LogP contribution in [0.3, 0.4) is 0 Å². The maximum Gasteiger partial charge on any atom is 0.265 e. The minimum absolute atomic E-state index is 0.0482. The smallest absolute Gasteiger partial charge is 0.265 e. The Balaban J connectivity index is 1.92. The lowest BCUT2D eigenvalue weighted by molar-refractivity contribution is -0.121. The number of rotatable bonds is 3. The van der Waals surface area contributed by atoms with Crippen LogP contribution < -0.4 is 15.4 Å². The van der Waals surface area contributed by atoms with E-state index in [9.17, 15) is 9.59 Å². The first-order chi connectivity index (χ1) is 10.2. The number of fused-ring (bicyclic) bond motifs is 1.